The van der Waals surface area contributed by atoms with Crippen molar-refractivity contribution in [2.24, 2.45) is 0 Å². The first kappa shape index (κ1) is 17.2. The Hall–Kier alpha value is -2.65. The number of benzene rings is 3. The van der Waals surface area contributed by atoms with Crippen LogP contribution in [0, 0.1) is 6.92 Å². The lowest BCUT2D eigenvalue weighted by atomic mass is 10.2. The second-order valence-electron chi connectivity index (χ2n) is 5.75. The number of ether oxygens (including phenoxy) is 1. The number of anilines is 2. The molecule has 0 spiro atoms. The average molecular weight is 353 g/mol. The number of halogens is 1. The smallest absolute Gasteiger partial charge is 0.127 e. The quantitative estimate of drug-likeness (QED) is 0.514. The second kappa shape index (κ2) is 8.45. The zero-order valence-corrected chi connectivity index (χ0v) is 14.9. The van der Waals surface area contributed by atoms with Crippen LogP contribution < -0.4 is 15.4 Å². The molecule has 0 aliphatic carbocycles. The van der Waals surface area contributed by atoms with Crippen molar-refractivity contribution < 1.29 is 4.74 Å². The van der Waals surface area contributed by atoms with Crippen LogP contribution in [0.5, 0.6) is 11.5 Å². The summed E-state index contributed by atoms with van der Waals surface area (Å²) in [6.45, 7) is 3.69. The van der Waals surface area contributed by atoms with Gasteiger partial charge in [-0.05, 0) is 61.0 Å². The molecule has 3 rings (SSSR count). The standard InChI is InChI=1S/C21H21ClN2O/c1-16-7-8-17(22)15-21(16)24-14-13-23-18-9-11-20(12-10-18)25-19-5-3-2-4-6-19/h2-12,15,23-24H,13-14H2,1H3. The van der Waals surface area contributed by atoms with Gasteiger partial charge in [-0.3, -0.25) is 0 Å². The predicted molar refractivity (Wildman–Crippen MR) is 106 cm³/mol. The third kappa shape index (κ3) is 5.16. The molecule has 0 radical (unpaired) electrons. The highest BCUT2D eigenvalue weighted by atomic mass is 35.5. The lowest BCUT2D eigenvalue weighted by Gasteiger charge is -2.12. The van der Waals surface area contributed by atoms with Gasteiger partial charge in [0.2, 0.25) is 0 Å². The molecule has 0 aromatic heterocycles. The highest BCUT2D eigenvalue weighted by Crippen LogP contribution is 2.23. The normalized spacial score (nSPS) is 10.3. The molecule has 0 atom stereocenters. The minimum atomic E-state index is 0.745. The van der Waals surface area contributed by atoms with Crippen LogP contribution in [0.2, 0.25) is 5.02 Å². The van der Waals surface area contributed by atoms with Gasteiger partial charge in [0.1, 0.15) is 11.5 Å². The molecule has 2 N–H and O–H groups in total. The van der Waals surface area contributed by atoms with E-state index in [1.54, 1.807) is 0 Å². The van der Waals surface area contributed by atoms with E-state index in [4.69, 9.17) is 16.3 Å². The van der Waals surface area contributed by atoms with Gasteiger partial charge in [0.05, 0.1) is 0 Å². The topological polar surface area (TPSA) is 33.3 Å². The van der Waals surface area contributed by atoms with Crippen LogP contribution in [-0.4, -0.2) is 13.1 Å². The van der Waals surface area contributed by atoms with Crippen molar-refractivity contribution in [2.45, 2.75) is 6.92 Å². The first-order valence-electron chi connectivity index (χ1n) is 8.27. The lowest BCUT2D eigenvalue weighted by Crippen LogP contribution is -2.14. The van der Waals surface area contributed by atoms with Gasteiger partial charge in [0.15, 0.2) is 0 Å². The van der Waals surface area contributed by atoms with Crippen LogP contribution in [0.1, 0.15) is 5.56 Å². The van der Waals surface area contributed by atoms with Crippen LogP contribution in [0.3, 0.4) is 0 Å². The Labute approximate surface area is 153 Å². The van der Waals surface area contributed by atoms with E-state index < -0.39 is 0 Å². The first-order valence-corrected chi connectivity index (χ1v) is 8.65. The molecular weight excluding hydrogens is 332 g/mol. The third-order valence-corrected chi connectivity index (χ3v) is 4.04. The zero-order valence-electron chi connectivity index (χ0n) is 14.1. The second-order valence-corrected chi connectivity index (χ2v) is 6.19. The Balaban J connectivity index is 1.46. The molecule has 0 heterocycles. The number of hydrogen-bond donors (Lipinski definition) is 2. The van der Waals surface area contributed by atoms with Crippen molar-refractivity contribution >= 4 is 23.0 Å². The summed E-state index contributed by atoms with van der Waals surface area (Å²) >= 11 is 6.03. The van der Waals surface area contributed by atoms with Gasteiger partial charge in [-0.1, -0.05) is 35.9 Å². The summed E-state index contributed by atoms with van der Waals surface area (Å²) in [7, 11) is 0. The number of nitrogens with one attached hydrogen (secondary N) is 2. The largest absolute Gasteiger partial charge is 0.457 e. The number of aryl methyl sites for hydroxylation is 1. The van der Waals surface area contributed by atoms with E-state index in [2.05, 4.69) is 17.6 Å². The molecule has 25 heavy (non-hydrogen) atoms. The molecule has 128 valence electrons. The van der Waals surface area contributed by atoms with E-state index in [0.29, 0.717) is 0 Å². The summed E-state index contributed by atoms with van der Waals surface area (Å²) in [6, 6.07) is 23.6. The fourth-order valence-corrected chi connectivity index (χ4v) is 2.63. The number of para-hydroxylation sites is 1. The maximum Gasteiger partial charge on any atom is 0.127 e. The van der Waals surface area contributed by atoms with Gasteiger partial charge in [0, 0.05) is 29.5 Å². The summed E-state index contributed by atoms with van der Waals surface area (Å²) in [5, 5.41) is 7.53. The summed E-state index contributed by atoms with van der Waals surface area (Å²) in [5.41, 5.74) is 3.32. The van der Waals surface area contributed by atoms with Crippen molar-refractivity contribution in [3.63, 3.8) is 0 Å². The van der Waals surface area contributed by atoms with Gasteiger partial charge in [0.25, 0.3) is 0 Å². The van der Waals surface area contributed by atoms with Crippen molar-refractivity contribution in [3.8, 4) is 11.5 Å². The summed E-state index contributed by atoms with van der Waals surface area (Å²) < 4.78 is 5.79. The van der Waals surface area contributed by atoms with Gasteiger partial charge in [-0.2, -0.15) is 0 Å². The molecule has 0 aliphatic rings. The molecule has 3 aromatic rings. The molecule has 0 aliphatic heterocycles. The van der Waals surface area contributed by atoms with Crippen LogP contribution >= 0.6 is 11.6 Å². The van der Waals surface area contributed by atoms with Crippen LogP contribution in [0.15, 0.2) is 72.8 Å². The average Bonchev–Trinajstić information content (AvgIpc) is 2.64. The molecular formula is C21H21ClN2O. The summed E-state index contributed by atoms with van der Waals surface area (Å²) in [5.74, 6) is 1.66. The minimum absolute atomic E-state index is 0.745. The molecule has 0 unspecified atom stereocenters. The van der Waals surface area contributed by atoms with Gasteiger partial charge in [-0.25, -0.2) is 0 Å². The summed E-state index contributed by atoms with van der Waals surface area (Å²) in [6.07, 6.45) is 0. The summed E-state index contributed by atoms with van der Waals surface area (Å²) in [4.78, 5) is 0. The zero-order chi connectivity index (χ0) is 17.5. The Morgan fingerprint density at radius 2 is 1.48 bits per heavy atom. The fourth-order valence-electron chi connectivity index (χ4n) is 2.45. The monoisotopic (exact) mass is 352 g/mol. The maximum atomic E-state index is 6.03. The third-order valence-electron chi connectivity index (χ3n) is 3.80. The first-order chi connectivity index (χ1) is 12.2. The highest BCUT2D eigenvalue weighted by molar-refractivity contribution is 6.30. The molecule has 0 bridgehead atoms. The van der Waals surface area contributed by atoms with E-state index in [1.807, 2.05) is 72.8 Å². The van der Waals surface area contributed by atoms with Gasteiger partial charge >= 0.3 is 0 Å². The van der Waals surface area contributed by atoms with Crippen molar-refractivity contribution in [1.82, 2.24) is 0 Å². The van der Waals surface area contributed by atoms with Crippen LogP contribution in [0.4, 0.5) is 11.4 Å². The van der Waals surface area contributed by atoms with E-state index in [1.165, 1.54) is 5.56 Å². The molecule has 3 nitrogen and oxygen atoms in total. The molecule has 0 saturated heterocycles. The maximum absolute atomic E-state index is 6.03. The van der Waals surface area contributed by atoms with E-state index in [-0.39, 0.29) is 0 Å². The van der Waals surface area contributed by atoms with Crippen molar-refractivity contribution in [1.29, 1.82) is 0 Å². The van der Waals surface area contributed by atoms with Crippen LogP contribution in [0.25, 0.3) is 0 Å². The molecule has 0 saturated carbocycles. The van der Waals surface area contributed by atoms with Crippen LogP contribution in [-0.2, 0) is 0 Å². The minimum Gasteiger partial charge on any atom is -0.457 e. The Kier molecular flexibility index (Phi) is 5.81. The number of rotatable bonds is 7. The number of hydrogen-bond acceptors (Lipinski definition) is 3. The predicted octanol–water partition coefficient (Wildman–Crippen LogP) is 5.96. The lowest BCUT2D eigenvalue weighted by molar-refractivity contribution is 0.483. The molecule has 3 aromatic carbocycles. The van der Waals surface area contributed by atoms with Crippen molar-refractivity contribution in [2.75, 3.05) is 23.7 Å². The van der Waals surface area contributed by atoms with Gasteiger partial charge in [-0.15, -0.1) is 0 Å². The Morgan fingerprint density at radius 3 is 2.24 bits per heavy atom. The molecule has 0 amide bonds. The molecule has 0 fully saturated rings. The van der Waals surface area contributed by atoms with E-state index in [9.17, 15) is 0 Å². The fraction of sp³-hybridized carbons (Fsp3) is 0.143. The SMILES string of the molecule is Cc1ccc(Cl)cc1NCCNc1ccc(Oc2ccccc2)cc1. The Bertz CT molecular complexity index is 804. The van der Waals surface area contributed by atoms with E-state index >= 15 is 0 Å². The highest BCUT2D eigenvalue weighted by Gasteiger charge is 2.00. The Morgan fingerprint density at radius 1 is 0.800 bits per heavy atom. The van der Waals surface area contributed by atoms with E-state index in [0.717, 1.165) is 41.0 Å². The van der Waals surface area contributed by atoms with Gasteiger partial charge < -0.3 is 15.4 Å². The molecule has 4 heteroatoms. The van der Waals surface area contributed by atoms with Crippen molar-refractivity contribution in [3.05, 3.63) is 83.4 Å².